The third-order valence-electron chi connectivity index (χ3n) is 3.81. The van der Waals surface area contributed by atoms with E-state index in [4.69, 9.17) is 4.74 Å². The second kappa shape index (κ2) is 8.51. The Kier molecular flexibility index (Phi) is 5.88. The van der Waals surface area contributed by atoms with E-state index in [0.717, 1.165) is 5.56 Å². The Labute approximate surface area is 150 Å². The van der Waals surface area contributed by atoms with Crippen molar-refractivity contribution >= 4 is 0 Å². The van der Waals surface area contributed by atoms with Crippen LogP contribution in [0.4, 0.5) is 4.39 Å². The summed E-state index contributed by atoms with van der Waals surface area (Å²) in [4.78, 5) is 12.0. The van der Waals surface area contributed by atoms with Gasteiger partial charge >= 0.3 is 0 Å². The number of ether oxygens (including phenoxy) is 1. The normalized spacial score (nSPS) is 12.1. The summed E-state index contributed by atoms with van der Waals surface area (Å²) >= 11 is 0. The summed E-state index contributed by atoms with van der Waals surface area (Å²) in [5.41, 5.74) is 1.91. The molecule has 0 amide bonds. The van der Waals surface area contributed by atoms with Gasteiger partial charge in [-0.25, -0.2) is 9.07 Å². The summed E-state index contributed by atoms with van der Waals surface area (Å²) in [7, 11) is 0. The average Bonchev–Trinajstić information content (AvgIpc) is 2.65. The second-order valence-electron chi connectivity index (χ2n) is 5.90. The maximum atomic E-state index is 13.0. The van der Waals surface area contributed by atoms with Crippen LogP contribution in [0.3, 0.4) is 0 Å². The number of halogens is 1. The summed E-state index contributed by atoms with van der Waals surface area (Å²) in [5.74, 6) is -0.340. The molecule has 2 aromatic carbocycles. The molecule has 1 heterocycles. The van der Waals surface area contributed by atoms with Crippen LogP contribution in [0.5, 0.6) is 0 Å². The van der Waals surface area contributed by atoms with Crippen molar-refractivity contribution in [2.24, 2.45) is 0 Å². The van der Waals surface area contributed by atoms with E-state index >= 15 is 0 Å². The molecule has 1 aromatic heterocycles. The number of aliphatic hydroxyl groups excluding tert-OH is 1. The molecule has 0 radical (unpaired) electrons. The number of benzene rings is 2. The Morgan fingerprint density at radius 2 is 1.77 bits per heavy atom. The van der Waals surface area contributed by atoms with Gasteiger partial charge in [-0.1, -0.05) is 30.3 Å². The van der Waals surface area contributed by atoms with Gasteiger partial charge in [-0.3, -0.25) is 4.79 Å². The van der Waals surface area contributed by atoms with Gasteiger partial charge in [0, 0.05) is 11.6 Å². The molecule has 5 nitrogen and oxygen atoms in total. The van der Waals surface area contributed by atoms with Gasteiger partial charge in [0.05, 0.1) is 31.6 Å². The van der Waals surface area contributed by atoms with Gasteiger partial charge in [0.15, 0.2) is 0 Å². The van der Waals surface area contributed by atoms with E-state index in [1.165, 1.54) is 22.9 Å². The third-order valence-corrected chi connectivity index (χ3v) is 3.81. The zero-order chi connectivity index (χ0) is 18.4. The number of nitrogens with zero attached hydrogens (tertiary/aromatic N) is 2. The molecule has 26 heavy (non-hydrogen) atoms. The Bertz CT molecular complexity index is 895. The van der Waals surface area contributed by atoms with Gasteiger partial charge in [0.1, 0.15) is 5.82 Å². The van der Waals surface area contributed by atoms with Gasteiger partial charge in [-0.15, -0.1) is 0 Å². The van der Waals surface area contributed by atoms with Crippen LogP contribution in [0, 0.1) is 5.82 Å². The van der Waals surface area contributed by atoms with E-state index < -0.39 is 6.10 Å². The number of hydrogen-bond acceptors (Lipinski definition) is 4. The quantitative estimate of drug-likeness (QED) is 0.708. The molecule has 134 valence electrons. The van der Waals surface area contributed by atoms with Crippen molar-refractivity contribution in [1.29, 1.82) is 0 Å². The van der Waals surface area contributed by atoms with Gasteiger partial charge < -0.3 is 9.84 Å². The summed E-state index contributed by atoms with van der Waals surface area (Å²) in [5, 5.41) is 14.4. The number of aromatic nitrogens is 2. The molecule has 6 heteroatoms. The molecule has 3 aromatic rings. The minimum absolute atomic E-state index is 0.0165. The van der Waals surface area contributed by atoms with Crippen molar-refractivity contribution in [1.82, 2.24) is 9.78 Å². The van der Waals surface area contributed by atoms with Crippen molar-refractivity contribution in [3.8, 4) is 11.3 Å². The summed E-state index contributed by atoms with van der Waals surface area (Å²) in [6, 6.07) is 18.4. The van der Waals surface area contributed by atoms with Crippen molar-refractivity contribution in [3.05, 3.63) is 88.5 Å². The maximum absolute atomic E-state index is 13.0. The Balaban J connectivity index is 1.62. The van der Waals surface area contributed by atoms with Crippen LogP contribution in [-0.2, 0) is 17.9 Å². The standard InChI is InChI=1S/C20H19FN2O3/c21-17-8-6-16(7-9-17)19-10-11-20(25)23(22-19)12-18(24)14-26-13-15-4-2-1-3-5-15/h1-11,18,24H,12-14H2. The first kappa shape index (κ1) is 18.0. The molecular formula is C20H19FN2O3. The molecule has 1 unspecified atom stereocenters. The molecule has 0 fully saturated rings. The molecular weight excluding hydrogens is 335 g/mol. The molecule has 0 spiro atoms. The van der Waals surface area contributed by atoms with Crippen molar-refractivity contribution in [3.63, 3.8) is 0 Å². The molecule has 0 aliphatic heterocycles. The van der Waals surface area contributed by atoms with Gasteiger partial charge in [-0.2, -0.15) is 5.10 Å². The molecule has 0 saturated heterocycles. The Hall–Kier alpha value is -2.83. The van der Waals surface area contributed by atoms with Crippen LogP contribution < -0.4 is 5.56 Å². The number of rotatable bonds is 7. The second-order valence-corrected chi connectivity index (χ2v) is 5.90. The Morgan fingerprint density at radius 3 is 2.50 bits per heavy atom. The van der Waals surface area contributed by atoms with Crippen LogP contribution in [0.25, 0.3) is 11.3 Å². The molecule has 0 bridgehead atoms. The fourth-order valence-corrected chi connectivity index (χ4v) is 2.49. The van der Waals surface area contributed by atoms with Crippen LogP contribution >= 0.6 is 0 Å². The lowest BCUT2D eigenvalue weighted by Crippen LogP contribution is -2.30. The summed E-state index contributed by atoms with van der Waals surface area (Å²) in [6.07, 6.45) is -0.868. The topological polar surface area (TPSA) is 64.4 Å². The van der Waals surface area contributed by atoms with Crippen molar-refractivity contribution < 1.29 is 14.2 Å². The van der Waals surface area contributed by atoms with Crippen molar-refractivity contribution in [2.75, 3.05) is 6.61 Å². The molecule has 1 atom stereocenters. The van der Waals surface area contributed by atoms with E-state index in [1.54, 1.807) is 18.2 Å². The average molecular weight is 354 g/mol. The first-order valence-electron chi connectivity index (χ1n) is 8.25. The predicted molar refractivity (Wildman–Crippen MR) is 96.0 cm³/mol. The maximum Gasteiger partial charge on any atom is 0.266 e. The zero-order valence-corrected chi connectivity index (χ0v) is 14.1. The third kappa shape index (κ3) is 4.84. The predicted octanol–water partition coefficient (Wildman–Crippen LogP) is 2.63. The fraction of sp³-hybridized carbons (Fsp3) is 0.200. The lowest BCUT2D eigenvalue weighted by molar-refractivity contribution is 0.0180. The monoisotopic (exact) mass is 354 g/mol. The molecule has 0 aliphatic carbocycles. The SMILES string of the molecule is O=c1ccc(-c2ccc(F)cc2)nn1CC(O)COCc1ccccc1. The highest BCUT2D eigenvalue weighted by Crippen LogP contribution is 2.15. The smallest absolute Gasteiger partial charge is 0.266 e. The van der Waals surface area contributed by atoms with Crippen LogP contribution in [0.2, 0.25) is 0 Å². The van der Waals surface area contributed by atoms with Gasteiger partial charge in [0.2, 0.25) is 0 Å². The van der Waals surface area contributed by atoms with E-state index in [-0.39, 0.29) is 24.5 Å². The largest absolute Gasteiger partial charge is 0.389 e. The highest BCUT2D eigenvalue weighted by Gasteiger charge is 2.10. The summed E-state index contributed by atoms with van der Waals surface area (Å²) in [6.45, 7) is 0.488. The number of hydrogen-bond donors (Lipinski definition) is 1. The Morgan fingerprint density at radius 1 is 1.04 bits per heavy atom. The molecule has 0 aliphatic rings. The first-order valence-corrected chi connectivity index (χ1v) is 8.25. The van der Waals surface area contributed by atoms with Crippen LogP contribution in [0.15, 0.2) is 71.5 Å². The highest BCUT2D eigenvalue weighted by atomic mass is 19.1. The lowest BCUT2D eigenvalue weighted by Gasteiger charge is -2.13. The van der Waals surface area contributed by atoms with Gasteiger partial charge in [-0.05, 0) is 35.9 Å². The minimum Gasteiger partial charge on any atom is -0.389 e. The molecule has 1 N–H and O–H groups in total. The summed E-state index contributed by atoms with van der Waals surface area (Å²) < 4.78 is 19.7. The van der Waals surface area contributed by atoms with Gasteiger partial charge in [0.25, 0.3) is 5.56 Å². The van der Waals surface area contributed by atoms with E-state index in [0.29, 0.717) is 17.9 Å². The lowest BCUT2D eigenvalue weighted by atomic mass is 10.1. The molecule has 3 rings (SSSR count). The zero-order valence-electron chi connectivity index (χ0n) is 14.1. The van der Waals surface area contributed by atoms with Crippen LogP contribution in [-0.4, -0.2) is 27.6 Å². The highest BCUT2D eigenvalue weighted by molar-refractivity contribution is 5.57. The van der Waals surface area contributed by atoms with E-state index in [1.807, 2.05) is 30.3 Å². The first-order chi connectivity index (χ1) is 12.6. The van der Waals surface area contributed by atoms with E-state index in [2.05, 4.69) is 5.10 Å². The van der Waals surface area contributed by atoms with Crippen LogP contribution in [0.1, 0.15) is 5.56 Å². The molecule has 0 saturated carbocycles. The van der Waals surface area contributed by atoms with E-state index in [9.17, 15) is 14.3 Å². The fourth-order valence-electron chi connectivity index (χ4n) is 2.49. The minimum atomic E-state index is -0.868. The van der Waals surface area contributed by atoms with Crippen molar-refractivity contribution in [2.45, 2.75) is 19.3 Å². The number of aliphatic hydroxyl groups is 1.